The van der Waals surface area contributed by atoms with Crippen LogP contribution in [-0.4, -0.2) is 33.2 Å². The fraction of sp³-hybridized carbons (Fsp3) is 0.276. The average molecular weight is 477 g/mol. The Morgan fingerprint density at radius 2 is 1.75 bits per heavy atom. The third-order valence-electron chi connectivity index (χ3n) is 7.39. The number of pyridine rings is 1. The minimum Gasteiger partial charge on any atom is -0.341 e. The highest BCUT2D eigenvalue weighted by Crippen LogP contribution is 2.33. The van der Waals surface area contributed by atoms with E-state index < -0.39 is 0 Å². The molecule has 5 aromatic rings. The first-order chi connectivity index (χ1) is 17.6. The summed E-state index contributed by atoms with van der Waals surface area (Å²) in [6.07, 6.45) is 3.83. The van der Waals surface area contributed by atoms with Crippen molar-refractivity contribution in [2.24, 2.45) is 5.73 Å². The highest BCUT2D eigenvalue weighted by molar-refractivity contribution is 6.11. The first-order valence-corrected chi connectivity index (χ1v) is 12.5. The Balaban J connectivity index is 1.53. The minimum absolute atomic E-state index is 0.101. The molecule has 0 amide bonds. The molecule has 1 atom stereocenters. The molecule has 180 valence electrons. The monoisotopic (exact) mass is 476 g/mol. The Kier molecular flexibility index (Phi) is 5.46. The summed E-state index contributed by atoms with van der Waals surface area (Å²) in [6.45, 7) is 4.61. The predicted molar refractivity (Wildman–Crippen MR) is 144 cm³/mol. The van der Waals surface area contributed by atoms with Gasteiger partial charge in [0.2, 0.25) is 5.95 Å². The third-order valence-corrected chi connectivity index (χ3v) is 7.39. The Morgan fingerprint density at radius 1 is 1.06 bits per heavy atom. The zero-order valence-corrected chi connectivity index (χ0v) is 20.3. The minimum atomic E-state index is -0.101. The zero-order chi connectivity index (χ0) is 24.8. The molecule has 36 heavy (non-hydrogen) atoms. The van der Waals surface area contributed by atoms with Gasteiger partial charge in [0.15, 0.2) is 0 Å². The summed E-state index contributed by atoms with van der Waals surface area (Å²) in [7, 11) is 0. The van der Waals surface area contributed by atoms with E-state index in [0.717, 1.165) is 59.0 Å². The zero-order valence-electron chi connectivity index (χ0n) is 20.3. The fourth-order valence-corrected chi connectivity index (χ4v) is 5.70. The van der Waals surface area contributed by atoms with Crippen LogP contribution in [0.4, 0.5) is 5.95 Å². The molecule has 2 N–H and O–H groups in total. The Hall–Kier alpha value is -4.15. The van der Waals surface area contributed by atoms with Gasteiger partial charge in [-0.2, -0.15) is 5.26 Å². The van der Waals surface area contributed by atoms with E-state index in [9.17, 15) is 10.1 Å². The van der Waals surface area contributed by atoms with Crippen LogP contribution < -0.4 is 16.2 Å². The lowest BCUT2D eigenvalue weighted by molar-refractivity contribution is 0.494. The number of nitrogens with zero attached hydrogens (tertiary/aromatic N) is 5. The van der Waals surface area contributed by atoms with Crippen LogP contribution in [0.5, 0.6) is 0 Å². The van der Waals surface area contributed by atoms with Crippen molar-refractivity contribution in [3.63, 3.8) is 0 Å². The van der Waals surface area contributed by atoms with Crippen LogP contribution in [0, 0.1) is 11.3 Å². The molecule has 7 heteroatoms. The van der Waals surface area contributed by atoms with E-state index in [2.05, 4.69) is 17.0 Å². The van der Waals surface area contributed by atoms with Gasteiger partial charge in [0.1, 0.15) is 11.6 Å². The van der Waals surface area contributed by atoms with Gasteiger partial charge in [-0.25, -0.2) is 4.98 Å². The van der Waals surface area contributed by atoms with Crippen molar-refractivity contribution in [3.05, 3.63) is 82.3 Å². The second kappa shape index (κ2) is 8.81. The van der Waals surface area contributed by atoms with E-state index >= 15 is 0 Å². The highest BCUT2D eigenvalue weighted by atomic mass is 16.1. The molecule has 0 bridgehead atoms. The number of aromatic nitrogens is 3. The van der Waals surface area contributed by atoms with Gasteiger partial charge in [-0.15, -0.1) is 0 Å². The lowest BCUT2D eigenvalue weighted by atomic mass is 9.92. The first kappa shape index (κ1) is 22.3. The molecule has 0 aliphatic carbocycles. The number of aryl methyl sites for hydroxylation is 1. The van der Waals surface area contributed by atoms with E-state index in [1.807, 2.05) is 60.0 Å². The summed E-state index contributed by atoms with van der Waals surface area (Å²) in [4.78, 5) is 20.9. The number of anilines is 1. The second-order valence-electron chi connectivity index (χ2n) is 9.54. The van der Waals surface area contributed by atoms with Gasteiger partial charge in [-0.05, 0) is 47.6 Å². The van der Waals surface area contributed by atoms with Crippen molar-refractivity contribution in [1.29, 1.82) is 5.26 Å². The molecule has 2 aromatic heterocycles. The molecule has 3 heterocycles. The summed E-state index contributed by atoms with van der Waals surface area (Å²) < 4.78 is 3.72. The molecule has 1 saturated heterocycles. The van der Waals surface area contributed by atoms with E-state index in [4.69, 9.17) is 10.7 Å². The lowest BCUT2D eigenvalue weighted by Gasteiger charge is -2.31. The molecule has 0 saturated carbocycles. The number of imidazole rings is 1. The number of nitriles is 1. The van der Waals surface area contributed by atoms with Crippen molar-refractivity contribution < 1.29 is 0 Å². The largest absolute Gasteiger partial charge is 0.341 e. The van der Waals surface area contributed by atoms with E-state index in [0.29, 0.717) is 29.7 Å². The van der Waals surface area contributed by atoms with Crippen LogP contribution in [0.2, 0.25) is 0 Å². The number of piperidine rings is 1. The molecular weight excluding hydrogens is 448 g/mol. The number of hydrogen-bond acceptors (Lipinski definition) is 5. The molecule has 1 aliphatic rings. The topological polar surface area (TPSA) is 92.9 Å². The molecule has 0 spiro atoms. The summed E-state index contributed by atoms with van der Waals surface area (Å²) in [6, 6.07) is 20.5. The maximum atomic E-state index is 13.8. The van der Waals surface area contributed by atoms with Crippen LogP contribution in [0.1, 0.15) is 30.9 Å². The Bertz CT molecular complexity index is 1720. The van der Waals surface area contributed by atoms with Gasteiger partial charge in [-0.1, -0.05) is 48.5 Å². The van der Waals surface area contributed by atoms with Crippen LogP contribution in [0.3, 0.4) is 0 Å². The fourth-order valence-electron chi connectivity index (χ4n) is 5.70. The van der Waals surface area contributed by atoms with E-state index in [-0.39, 0.29) is 11.6 Å². The average Bonchev–Trinajstić information content (AvgIpc) is 3.30. The maximum Gasteiger partial charge on any atom is 0.277 e. The first-order valence-electron chi connectivity index (χ1n) is 12.5. The van der Waals surface area contributed by atoms with Gasteiger partial charge in [0.05, 0.1) is 17.6 Å². The SMILES string of the molecule is CCn1c(N2CCCC(N)C2)nc2ccn(Cc3c(C#N)c4ccccc4c4ccccc34)c(=O)c21. The van der Waals surface area contributed by atoms with Gasteiger partial charge in [0, 0.05) is 37.3 Å². The quantitative estimate of drug-likeness (QED) is 0.389. The van der Waals surface area contributed by atoms with Crippen LogP contribution in [-0.2, 0) is 13.1 Å². The Labute approximate surface area is 209 Å². The molecule has 7 nitrogen and oxygen atoms in total. The molecule has 1 unspecified atom stereocenters. The van der Waals surface area contributed by atoms with E-state index in [1.54, 1.807) is 10.8 Å². The Morgan fingerprint density at radius 3 is 2.44 bits per heavy atom. The van der Waals surface area contributed by atoms with Crippen molar-refractivity contribution in [2.45, 2.75) is 38.9 Å². The van der Waals surface area contributed by atoms with Gasteiger partial charge >= 0.3 is 0 Å². The van der Waals surface area contributed by atoms with E-state index in [1.165, 1.54) is 0 Å². The van der Waals surface area contributed by atoms with Crippen molar-refractivity contribution >= 4 is 38.5 Å². The summed E-state index contributed by atoms with van der Waals surface area (Å²) in [5, 5.41) is 14.2. The van der Waals surface area contributed by atoms with Crippen LogP contribution >= 0.6 is 0 Å². The lowest BCUT2D eigenvalue weighted by Crippen LogP contribution is -2.44. The highest BCUT2D eigenvalue weighted by Gasteiger charge is 2.24. The standard InChI is InChI=1S/C29H28N6O/c1-2-35-27-26(32-29(35)34-14-7-8-19(31)17-34)13-15-33(28(27)36)18-25-23-12-6-4-10-21(23)20-9-3-5-11-22(20)24(25)16-30/h3-6,9-13,15,19H,2,7-8,14,17-18,31H2,1H3. The molecule has 1 fully saturated rings. The van der Waals surface area contributed by atoms with Crippen molar-refractivity contribution in [3.8, 4) is 6.07 Å². The number of nitrogens with two attached hydrogens (primary N) is 1. The number of fused-ring (bicyclic) bond motifs is 4. The number of hydrogen-bond donors (Lipinski definition) is 1. The predicted octanol–water partition coefficient (Wildman–Crippen LogP) is 4.37. The van der Waals surface area contributed by atoms with Gasteiger partial charge in [-0.3, -0.25) is 4.79 Å². The van der Waals surface area contributed by atoms with Gasteiger partial charge in [0.25, 0.3) is 5.56 Å². The molecular formula is C29H28N6O. The van der Waals surface area contributed by atoms with Crippen LogP contribution in [0.25, 0.3) is 32.6 Å². The molecule has 3 aromatic carbocycles. The molecule has 0 radical (unpaired) electrons. The molecule has 1 aliphatic heterocycles. The number of benzene rings is 3. The maximum absolute atomic E-state index is 13.8. The summed E-state index contributed by atoms with van der Waals surface area (Å²) in [5.41, 5.74) is 8.89. The molecule has 6 rings (SSSR count). The third kappa shape index (κ3) is 3.45. The summed E-state index contributed by atoms with van der Waals surface area (Å²) >= 11 is 0. The normalized spacial score (nSPS) is 16.1. The summed E-state index contributed by atoms with van der Waals surface area (Å²) in [5.74, 6) is 0.811. The van der Waals surface area contributed by atoms with Crippen LogP contribution in [0.15, 0.2) is 65.6 Å². The van der Waals surface area contributed by atoms with Gasteiger partial charge < -0.3 is 19.8 Å². The number of rotatable bonds is 4. The van der Waals surface area contributed by atoms with Crippen molar-refractivity contribution in [2.75, 3.05) is 18.0 Å². The van der Waals surface area contributed by atoms with Crippen molar-refractivity contribution in [1.82, 2.24) is 14.1 Å². The second-order valence-corrected chi connectivity index (χ2v) is 9.54. The smallest absolute Gasteiger partial charge is 0.277 e.